The lowest BCUT2D eigenvalue weighted by molar-refractivity contribution is -0.118. The number of rotatable bonds is 8. The van der Waals surface area contributed by atoms with E-state index in [0.717, 1.165) is 5.56 Å². The number of thioether (sulfide) groups is 1. The quantitative estimate of drug-likeness (QED) is 0.410. The van der Waals surface area contributed by atoms with Crippen LogP contribution in [0.25, 0.3) is 10.9 Å². The lowest BCUT2D eigenvalue weighted by Gasteiger charge is -2.15. The van der Waals surface area contributed by atoms with E-state index in [4.69, 9.17) is 11.6 Å². The van der Waals surface area contributed by atoms with Gasteiger partial charge in [0.25, 0.3) is 5.56 Å². The number of carbonyl (C=O) groups excluding carboxylic acids is 1. The predicted octanol–water partition coefficient (Wildman–Crippen LogP) is 3.44. The van der Waals surface area contributed by atoms with E-state index in [9.17, 15) is 14.7 Å². The van der Waals surface area contributed by atoms with E-state index in [2.05, 4.69) is 17.2 Å². The normalized spacial score (nSPS) is 13.2. The average molecular weight is 446 g/mol. The zero-order chi connectivity index (χ0) is 21.7. The molecule has 0 bridgehead atoms. The van der Waals surface area contributed by atoms with Crippen LogP contribution in [0.5, 0.6) is 0 Å². The van der Waals surface area contributed by atoms with Gasteiger partial charge in [0.1, 0.15) is 0 Å². The SMILES string of the molecule is C[C@H](O)Cn1c(SCC(=O)NC[C@H](C)c2ccccc2)nc2cc(Cl)ccc2c1=O. The molecule has 0 radical (unpaired) electrons. The highest BCUT2D eigenvalue weighted by Gasteiger charge is 2.15. The fourth-order valence-electron chi connectivity index (χ4n) is 3.06. The molecule has 6 nitrogen and oxygen atoms in total. The molecule has 1 aromatic heterocycles. The lowest BCUT2D eigenvalue weighted by Crippen LogP contribution is -2.30. The Labute approximate surface area is 184 Å². The topological polar surface area (TPSA) is 84.2 Å². The summed E-state index contributed by atoms with van der Waals surface area (Å²) in [6.07, 6.45) is -0.728. The average Bonchev–Trinajstić information content (AvgIpc) is 2.73. The fraction of sp³-hybridized carbons (Fsp3) is 0.318. The minimum Gasteiger partial charge on any atom is -0.392 e. The lowest BCUT2D eigenvalue weighted by atomic mass is 10.0. The van der Waals surface area contributed by atoms with Gasteiger partial charge in [0.2, 0.25) is 5.91 Å². The zero-order valence-corrected chi connectivity index (χ0v) is 18.4. The number of aliphatic hydroxyl groups is 1. The van der Waals surface area contributed by atoms with Crippen LogP contribution in [0, 0.1) is 0 Å². The third-order valence-corrected chi connectivity index (χ3v) is 5.85. The summed E-state index contributed by atoms with van der Waals surface area (Å²) in [6, 6.07) is 14.9. The second-order valence-corrected chi connectivity index (χ2v) is 8.60. The molecule has 2 aromatic carbocycles. The zero-order valence-electron chi connectivity index (χ0n) is 16.8. The van der Waals surface area contributed by atoms with Crippen molar-refractivity contribution in [2.75, 3.05) is 12.3 Å². The first-order valence-corrected chi connectivity index (χ1v) is 11.0. The van der Waals surface area contributed by atoms with Crippen molar-refractivity contribution >= 4 is 40.2 Å². The molecule has 0 saturated heterocycles. The van der Waals surface area contributed by atoms with Gasteiger partial charge in [0, 0.05) is 11.6 Å². The summed E-state index contributed by atoms with van der Waals surface area (Å²) >= 11 is 7.20. The van der Waals surface area contributed by atoms with Gasteiger partial charge in [0.15, 0.2) is 5.16 Å². The van der Waals surface area contributed by atoms with E-state index in [-0.39, 0.29) is 29.7 Å². The fourth-order valence-corrected chi connectivity index (χ4v) is 4.06. The number of carbonyl (C=O) groups is 1. The van der Waals surface area contributed by atoms with E-state index >= 15 is 0 Å². The number of amides is 1. The highest BCUT2D eigenvalue weighted by Crippen LogP contribution is 2.21. The Morgan fingerprint density at radius 3 is 2.67 bits per heavy atom. The number of benzene rings is 2. The molecule has 1 amide bonds. The summed E-state index contributed by atoms with van der Waals surface area (Å²) in [6.45, 7) is 4.27. The van der Waals surface area contributed by atoms with Crippen molar-refractivity contribution in [2.24, 2.45) is 0 Å². The number of fused-ring (bicyclic) bond motifs is 1. The Morgan fingerprint density at radius 2 is 1.97 bits per heavy atom. The summed E-state index contributed by atoms with van der Waals surface area (Å²) in [5.41, 5.74) is 1.36. The molecular weight excluding hydrogens is 422 g/mol. The van der Waals surface area contributed by atoms with Crippen molar-refractivity contribution in [3.63, 3.8) is 0 Å². The van der Waals surface area contributed by atoms with Gasteiger partial charge in [-0.15, -0.1) is 0 Å². The van der Waals surface area contributed by atoms with Crippen LogP contribution < -0.4 is 10.9 Å². The first-order chi connectivity index (χ1) is 14.3. The van der Waals surface area contributed by atoms with Gasteiger partial charge in [0.05, 0.1) is 29.3 Å². The first kappa shape index (κ1) is 22.3. The Morgan fingerprint density at radius 1 is 1.23 bits per heavy atom. The molecule has 1 heterocycles. The highest BCUT2D eigenvalue weighted by atomic mass is 35.5. The molecule has 0 spiro atoms. The highest BCUT2D eigenvalue weighted by molar-refractivity contribution is 7.99. The van der Waals surface area contributed by atoms with Crippen LogP contribution in [-0.4, -0.2) is 39.0 Å². The summed E-state index contributed by atoms with van der Waals surface area (Å²) in [7, 11) is 0. The van der Waals surface area contributed by atoms with Gasteiger partial charge < -0.3 is 10.4 Å². The summed E-state index contributed by atoms with van der Waals surface area (Å²) < 4.78 is 1.41. The standard InChI is InChI=1S/C22H24ClN3O3S/c1-14(16-6-4-3-5-7-16)11-24-20(28)13-30-22-25-19-10-17(23)8-9-18(19)21(29)26(22)12-15(2)27/h3-10,14-15,27H,11-13H2,1-2H3,(H,24,28)/t14-,15-/m0/s1. The molecular formula is C22H24ClN3O3S. The Kier molecular flexibility index (Phi) is 7.53. The molecule has 0 unspecified atom stereocenters. The molecule has 8 heteroatoms. The molecule has 0 aliphatic carbocycles. The number of halogens is 1. The summed E-state index contributed by atoms with van der Waals surface area (Å²) in [5, 5.41) is 14.0. The van der Waals surface area contributed by atoms with Gasteiger partial charge in [-0.2, -0.15) is 0 Å². The number of nitrogens with zero attached hydrogens (tertiary/aromatic N) is 2. The Bertz CT molecular complexity index is 1090. The maximum atomic E-state index is 12.9. The van der Waals surface area contributed by atoms with Crippen LogP contribution >= 0.6 is 23.4 Å². The van der Waals surface area contributed by atoms with E-state index in [1.165, 1.54) is 16.3 Å². The van der Waals surface area contributed by atoms with E-state index < -0.39 is 6.10 Å². The number of hydrogen-bond donors (Lipinski definition) is 2. The Hall–Kier alpha value is -2.35. The molecule has 3 rings (SSSR count). The van der Waals surface area contributed by atoms with Crippen LogP contribution in [0.4, 0.5) is 0 Å². The van der Waals surface area contributed by atoms with E-state index in [1.807, 2.05) is 30.3 Å². The van der Waals surface area contributed by atoms with Crippen LogP contribution in [0.1, 0.15) is 25.3 Å². The van der Waals surface area contributed by atoms with Gasteiger partial charge in [-0.3, -0.25) is 14.2 Å². The van der Waals surface area contributed by atoms with Crippen LogP contribution in [0.15, 0.2) is 58.5 Å². The Balaban J connectivity index is 1.72. The van der Waals surface area contributed by atoms with Crippen LogP contribution in [0.2, 0.25) is 5.02 Å². The van der Waals surface area contributed by atoms with E-state index in [1.54, 1.807) is 25.1 Å². The number of nitrogens with one attached hydrogen (secondary N) is 1. The summed E-state index contributed by atoms with van der Waals surface area (Å²) in [4.78, 5) is 29.8. The monoisotopic (exact) mass is 445 g/mol. The van der Waals surface area contributed by atoms with Gasteiger partial charge in [-0.05, 0) is 36.6 Å². The van der Waals surface area contributed by atoms with Crippen molar-refractivity contribution in [3.05, 3.63) is 69.5 Å². The van der Waals surface area contributed by atoms with Crippen molar-refractivity contribution in [2.45, 2.75) is 37.6 Å². The minimum atomic E-state index is -0.728. The molecule has 0 fully saturated rings. The van der Waals surface area contributed by atoms with Gasteiger partial charge in [-0.25, -0.2) is 4.98 Å². The minimum absolute atomic E-state index is 0.0966. The van der Waals surface area contributed by atoms with Crippen molar-refractivity contribution < 1.29 is 9.90 Å². The third-order valence-electron chi connectivity index (χ3n) is 4.64. The number of hydrogen-bond acceptors (Lipinski definition) is 5. The third kappa shape index (κ3) is 5.62. The largest absolute Gasteiger partial charge is 0.392 e. The maximum Gasteiger partial charge on any atom is 0.262 e. The predicted molar refractivity (Wildman–Crippen MR) is 121 cm³/mol. The van der Waals surface area contributed by atoms with Crippen LogP contribution in [0.3, 0.4) is 0 Å². The van der Waals surface area contributed by atoms with Crippen molar-refractivity contribution in [3.8, 4) is 0 Å². The molecule has 0 aliphatic rings. The molecule has 0 saturated carbocycles. The first-order valence-electron chi connectivity index (χ1n) is 9.67. The van der Waals surface area contributed by atoms with Gasteiger partial charge in [-0.1, -0.05) is 60.6 Å². The second-order valence-electron chi connectivity index (χ2n) is 7.23. The smallest absolute Gasteiger partial charge is 0.262 e. The molecule has 30 heavy (non-hydrogen) atoms. The maximum absolute atomic E-state index is 12.9. The van der Waals surface area contributed by atoms with Crippen LogP contribution in [-0.2, 0) is 11.3 Å². The molecule has 2 N–H and O–H groups in total. The molecule has 0 aliphatic heterocycles. The van der Waals surface area contributed by atoms with Gasteiger partial charge >= 0.3 is 0 Å². The van der Waals surface area contributed by atoms with E-state index in [0.29, 0.717) is 27.6 Å². The number of aliphatic hydroxyl groups excluding tert-OH is 1. The van der Waals surface area contributed by atoms with Crippen molar-refractivity contribution in [1.29, 1.82) is 0 Å². The number of aromatic nitrogens is 2. The molecule has 3 aromatic rings. The summed E-state index contributed by atoms with van der Waals surface area (Å²) in [5.74, 6) is 0.154. The molecule has 2 atom stereocenters. The van der Waals surface area contributed by atoms with Crippen molar-refractivity contribution in [1.82, 2.24) is 14.9 Å². The second kappa shape index (κ2) is 10.1. The molecule has 158 valence electrons.